The van der Waals surface area contributed by atoms with E-state index in [9.17, 15) is 14.7 Å². The van der Waals surface area contributed by atoms with Gasteiger partial charge in [0.25, 0.3) is 0 Å². The Kier molecular flexibility index (Phi) is 4.42. The maximum Gasteiger partial charge on any atom is 0.310 e. The fraction of sp³-hybridized carbons (Fsp3) is 0.500. The number of hydrogen-bond acceptors (Lipinski definition) is 2. The molecule has 4 heteroatoms. The number of carboxylic acid groups (broad SMARTS) is 1. The van der Waals surface area contributed by atoms with Gasteiger partial charge in [0.15, 0.2) is 0 Å². The lowest BCUT2D eigenvalue weighted by atomic mass is 9.82. The van der Waals surface area contributed by atoms with E-state index in [0.717, 1.165) is 30.5 Å². The summed E-state index contributed by atoms with van der Waals surface area (Å²) in [5.41, 5.74) is 1.00. The molecule has 20 heavy (non-hydrogen) atoms. The van der Waals surface area contributed by atoms with Gasteiger partial charge in [-0.25, -0.2) is 0 Å². The third kappa shape index (κ3) is 3.00. The van der Waals surface area contributed by atoms with Crippen LogP contribution in [-0.4, -0.2) is 17.0 Å². The molecule has 1 aliphatic rings. The average molecular weight is 275 g/mol. The number of aryl methyl sites for hydroxylation is 1. The summed E-state index contributed by atoms with van der Waals surface area (Å²) >= 11 is 0. The minimum absolute atomic E-state index is 0.0698. The normalized spacial score (nSPS) is 16.9. The highest BCUT2D eigenvalue weighted by Crippen LogP contribution is 2.41. The zero-order valence-corrected chi connectivity index (χ0v) is 11.8. The molecule has 1 fully saturated rings. The van der Waals surface area contributed by atoms with Gasteiger partial charge >= 0.3 is 5.97 Å². The Hall–Kier alpha value is -1.84. The quantitative estimate of drug-likeness (QED) is 0.867. The molecule has 0 radical (unpaired) electrons. The first-order valence-corrected chi connectivity index (χ1v) is 7.18. The fourth-order valence-corrected chi connectivity index (χ4v) is 2.97. The van der Waals surface area contributed by atoms with Gasteiger partial charge in [0.2, 0.25) is 5.91 Å². The van der Waals surface area contributed by atoms with E-state index in [4.69, 9.17) is 0 Å². The predicted octanol–water partition coefficient (Wildman–Crippen LogP) is 3.22. The minimum atomic E-state index is -0.856. The second-order valence-electron chi connectivity index (χ2n) is 5.53. The molecule has 0 aliphatic heterocycles. The molecule has 0 bridgehead atoms. The summed E-state index contributed by atoms with van der Waals surface area (Å²) in [4.78, 5) is 23.6. The lowest BCUT2D eigenvalue weighted by molar-refractivity contribution is -0.150. The van der Waals surface area contributed by atoms with Crippen molar-refractivity contribution in [2.45, 2.75) is 45.4 Å². The number of nitrogens with one attached hydrogen (secondary N) is 1. The number of anilines is 1. The van der Waals surface area contributed by atoms with Crippen molar-refractivity contribution in [3.8, 4) is 0 Å². The SMILES string of the molecule is CCc1ccccc1NC(=O)CC1(C(=O)O)CCCC1. The Labute approximate surface area is 119 Å². The Bertz CT molecular complexity index is 504. The van der Waals surface area contributed by atoms with E-state index in [-0.39, 0.29) is 12.3 Å². The van der Waals surface area contributed by atoms with Gasteiger partial charge in [-0.15, -0.1) is 0 Å². The fourth-order valence-electron chi connectivity index (χ4n) is 2.97. The number of carboxylic acids is 1. The van der Waals surface area contributed by atoms with Crippen LogP contribution in [-0.2, 0) is 16.0 Å². The number of benzene rings is 1. The third-order valence-corrected chi connectivity index (χ3v) is 4.19. The Morgan fingerprint density at radius 3 is 2.50 bits per heavy atom. The van der Waals surface area contributed by atoms with E-state index in [1.807, 2.05) is 31.2 Å². The standard InChI is InChI=1S/C16H21NO3/c1-2-12-7-3-4-8-13(12)17-14(18)11-16(15(19)20)9-5-6-10-16/h3-4,7-8H,2,5-6,9-11H2,1H3,(H,17,18)(H,19,20). The maximum atomic E-state index is 12.2. The van der Waals surface area contributed by atoms with E-state index < -0.39 is 11.4 Å². The van der Waals surface area contributed by atoms with Crippen molar-refractivity contribution in [1.29, 1.82) is 0 Å². The van der Waals surface area contributed by atoms with Gasteiger partial charge < -0.3 is 10.4 Å². The van der Waals surface area contributed by atoms with Gasteiger partial charge in [-0.3, -0.25) is 9.59 Å². The van der Waals surface area contributed by atoms with Crippen molar-refractivity contribution in [2.75, 3.05) is 5.32 Å². The van der Waals surface area contributed by atoms with Crippen molar-refractivity contribution in [3.63, 3.8) is 0 Å². The summed E-state index contributed by atoms with van der Waals surface area (Å²) in [6.07, 6.45) is 3.90. The lowest BCUT2D eigenvalue weighted by Gasteiger charge is -2.23. The molecule has 1 aromatic rings. The summed E-state index contributed by atoms with van der Waals surface area (Å²) in [7, 11) is 0. The number of amides is 1. The van der Waals surface area contributed by atoms with Gasteiger partial charge in [-0.05, 0) is 30.9 Å². The van der Waals surface area contributed by atoms with Crippen molar-refractivity contribution >= 4 is 17.6 Å². The first kappa shape index (κ1) is 14.6. The van der Waals surface area contributed by atoms with Crippen LogP contribution in [0.4, 0.5) is 5.69 Å². The molecule has 2 N–H and O–H groups in total. The molecule has 2 rings (SSSR count). The van der Waals surface area contributed by atoms with Crippen molar-refractivity contribution in [1.82, 2.24) is 0 Å². The summed E-state index contributed by atoms with van der Waals surface area (Å²) in [5, 5.41) is 12.3. The van der Waals surface area contributed by atoms with Crippen LogP contribution in [0.5, 0.6) is 0 Å². The summed E-state index contributed by atoms with van der Waals surface area (Å²) < 4.78 is 0. The number of carbonyl (C=O) groups is 2. The van der Waals surface area contributed by atoms with Gasteiger partial charge in [-0.1, -0.05) is 38.0 Å². The van der Waals surface area contributed by atoms with Crippen LogP contribution in [0.3, 0.4) is 0 Å². The molecule has 108 valence electrons. The van der Waals surface area contributed by atoms with Gasteiger partial charge in [0.1, 0.15) is 0 Å². The number of aliphatic carboxylic acids is 1. The molecule has 0 aromatic heterocycles. The van der Waals surface area contributed by atoms with Crippen LogP contribution < -0.4 is 5.32 Å². The van der Waals surface area contributed by atoms with Crippen LogP contribution in [0.15, 0.2) is 24.3 Å². The molecule has 0 unspecified atom stereocenters. The second-order valence-corrected chi connectivity index (χ2v) is 5.53. The molecule has 0 atom stereocenters. The molecule has 1 aromatic carbocycles. The lowest BCUT2D eigenvalue weighted by Crippen LogP contribution is -2.32. The Morgan fingerprint density at radius 1 is 1.25 bits per heavy atom. The van der Waals surface area contributed by atoms with E-state index >= 15 is 0 Å². The van der Waals surface area contributed by atoms with Gasteiger partial charge in [0, 0.05) is 12.1 Å². The smallest absolute Gasteiger partial charge is 0.310 e. The molecule has 1 amide bonds. The number of para-hydroxylation sites is 1. The molecule has 0 heterocycles. The van der Waals surface area contributed by atoms with Crippen LogP contribution >= 0.6 is 0 Å². The number of rotatable bonds is 5. The largest absolute Gasteiger partial charge is 0.481 e. The zero-order valence-electron chi connectivity index (χ0n) is 11.8. The van der Waals surface area contributed by atoms with Crippen LogP contribution in [0, 0.1) is 5.41 Å². The van der Waals surface area contributed by atoms with Gasteiger partial charge in [-0.2, -0.15) is 0 Å². The zero-order chi connectivity index (χ0) is 14.6. The van der Waals surface area contributed by atoms with Crippen LogP contribution in [0.25, 0.3) is 0 Å². The number of hydrogen-bond donors (Lipinski definition) is 2. The first-order chi connectivity index (χ1) is 9.57. The van der Waals surface area contributed by atoms with E-state index in [1.54, 1.807) is 0 Å². The molecular formula is C16H21NO3. The second kappa shape index (κ2) is 6.07. The topological polar surface area (TPSA) is 66.4 Å². The highest BCUT2D eigenvalue weighted by molar-refractivity contribution is 5.94. The Morgan fingerprint density at radius 2 is 1.90 bits per heavy atom. The predicted molar refractivity (Wildman–Crippen MR) is 77.6 cm³/mol. The molecular weight excluding hydrogens is 254 g/mol. The number of carbonyl (C=O) groups excluding carboxylic acids is 1. The molecule has 0 saturated heterocycles. The van der Waals surface area contributed by atoms with Crippen molar-refractivity contribution in [3.05, 3.63) is 29.8 Å². The first-order valence-electron chi connectivity index (χ1n) is 7.18. The van der Waals surface area contributed by atoms with Gasteiger partial charge in [0.05, 0.1) is 5.41 Å². The average Bonchev–Trinajstić information content (AvgIpc) is 2.89. The molecule has 0 spiro atoms. The highest BCUT2D eigenvalue weighted by atomic mass is 16.4. The van der Waals surface area contributed by atoms with Crippen molar-refractivity contribution < 1.29 is 14.7 Å². The van der Waals surface area contributed by atoms with Crippen molar-refractivity contribution in [2.24, 2.45) is 5.41 Å². The third-order valence-electron chi connectivity index (χ3n) is 4.19. The molecule has 4 nitrogen and oxygen atoms in total. The van der Waals surface area contributed by atoms with E-state index in [0.29, 0.717) is 12.8 Å². The van der Waals surface area contributed by atoms with Crippen LogP contribution in [0.2, 0.25) is 0 Å². The van der Waals surface area contributed by atoms with E-state index in [2.05, 4.69) is 5.32 Å². The van der Waals surface area contributed by atoms with Crippen LogP contribution in [0.1, 0.15) is 44.6 Å². The summed E-state index contributed by atoms with van der Waals surface area (Å²) in [6, 6.07) is 7.64. The molecule has 1 saturated carbocycles. The van der Waals surface area contributed by atoms with E-state index in [1.165, 1.54) is 0 Å². The minimum Gasteiger partial charge on any atom is -0.481 e. The monoisotopic (exact) mass is 275 g/mol. The summed E-state index contributed by atoms with van der Waals surface area (Å²) in [6.45, 7) is 2.03. The molecule has 1 aliphatic carbocycles. The highest BCUT2D eigenvalue weighted by Gasteiger charge is 2.42. The Balaban J connectivity index is 2.07. The maximum absolute atomic E-state index is 12.2. The summed E-state index contributed by atoms with van der Waals surface area (Å²) in [5.74, 6) is -1.04.